The zero-order valence-corrected chi connectivity index (χ0v) is 9.90. The van der Waals surface area contributed by atoms with Crippen molar-refractivity contribution in [3.63, 3.8) is 0 Å². The minimum atomic E-state index is -0.234. The second-order valence-electron chi connectivity index (χ2n) is 3.56. The van der Waals surface area contributed by atoms with E-state index in [0.717, 1.165) is 18.4 Å². The van der Waals surface area contributed by atoms with Crippen LogP contribution in [0.25, 0.3) is 5.57 Å². The van der Waals surface area contributed by atoms with Crippen LogP contribution in [0.3, 0.4) is 0 Å². The summed E-state index contributed by atoms with van der Waals surface area (Å²) in [6.45, 7) is 4.42. The molecule has 0 bridgehead atoms. The number of benzene rings is 1. The van der Waals surface area contributed by atoms with Crippen molar-refractivity contribution in [2.75, 3.05) is 6.61 Å². The molecule has 0 saturated heterocycles. The number of unbranched alkanes of at least 4 members (excludes halogenated alkanes) is 1. The molecule has 0 spiro atoms. The van der Waals surface area contributed by atoms with Crippen molar-refractivity contribution >= 4 is 11.5 Å². The normalized spacial score (nSPS) is 11.2. The lowest BCUT2D eigenvalue weighted by Crippen LogP contribution is -2.08. The van der Waals surface area contributed by atoms with E-state index in [-0.39, 0.29) is 5.97 Å². The summed E-state index contributed by atoms with van der Waals surface area (Å²) in [6, 6.07) is 9.59. The van der Waals surface area contributed by atoms with Gasteiger partial charge in [-0.25, -0.2) is 4.79 Å². The molecule has 0 heterocycles. The Labute approximate surface area is 96.9 Å². The Morgan fingerprint density at radius 2 is 2.00 bits per heavy atom. The van der Waals surface area contributed by atoms with Crippen LogP contribution in [0.1, 0.15) is 32.3 Å². The highest BCUT2D eigenvalue weighted by atomic mass is 16.5. The maximum absolute atomic E-state index is 11.8. The minimum absolute atomic E-state index is 0.234. The third-order valence-electron chi connectivity index (χ3n) is 2.32. The molecule has 0 atom stereocenters. The second kappa shape index (κ2) is 6.83. The predicted molar refractivity (Wildman–Crippen MR) is 66.0 cm³/mol. The van der Waals surface area contributed by atoms with Gasteiger partial charge in [0.15, 0.2) is 0 Å². The van der Waals surface area contributed by atoms with Gasteiger partial charge in [-0.2, -0.15) is 0 Å². The third kappa shape index (κ3) is 3.54. The summed E-state index contributed by atoms with van der Waals surface area (Å²) in [5.41, 5.74) is 1.54. The monoisotopic (exact) mass is 218 g/mol. The topological polar surface area (TPSA) is 26.3 Å². The van der Waals surface area contributed by atoms with Gasteiger partial charge in [-0.1, -0.05) is 49.8 Å². The summed E-state index contributed by atoms with van der Waals surface area (Å²) >= 11 is 0. The van der Waals surface area contributed by atoms with E-state index in [1.165, 1.54) is 0 Å². The number of hydrogen-bond donors (Lipinski definition) is 0. The Morgan fingerprint density at radius 3 is 2.56 bits per heavy atom. The van der Waals surface area contributed by atoms with Crippen molar-refractivity contribution in [3.05, 3.63) is 42.0 Å². The standard InChI is InChI=1S/C14H18O2/c1-3-5-11-16-14(15)13(4-2)12-9-7-6-8-10-12/h4,6-10H,3,5,11H2,1-2H3. The Morgan fingerprint density at radius 1 is 1.31 bits per heavy atom. The molecule has 0 aliphatic heterocycles. The predicted octanol–water partition coefficient (Wildman–Crippen LogP) is 3.43. The van der Waals surface area contributed by atoms with Gasteiger partial charge in [0, 0.05) is 0 Å². The highest BCUT2D eigenvalue weighted by Gasteiger charge is 2.11. The molecule has 16 heavy (non-hydrogen) atoms. The molecule has 0 fully saturated rings. The van der Waals surface area contributed by atoms with E-state index in [4.69, 9.17) is 4.74 Å². The van der Waals surface area contributed by atoms with E-state index < -0.39 is 0 Å². The molecule has 1 aromatic carbocycles. The molecule has 0 aliphatic carbocycles. The van der Waals surface area contributed by atoms with Gasteiger partial charge >= 0.3 is 5.97 Å². The van der Waals surface area contributed by atoms with Gasteiger partial charge in [-0.3, -0.25) is 0 Å². The number of allylic oxidation sites excluding steroid dienone is 1. The molecule has 86 valence electrons. The van der Waals surface area contributed by atoms with Crippen molar-refractivity contribution in [1.82, 2.24) is 0 Å². The third-order valence-corrected chi connectivity index (χ3v) is 2.32. The van der Waals surface area contributed by atoms with Gasteiger partial charge in [0.25, 0.3) is 0 Å². The van der Waals surface area contributed by atoms with Crippen molar-refractivity contribution in [1.29, 1.82) is 0 Å². The van der Waals surface area contributed by atoms with Crippen LogP contribution in [0.15, 0.2) is 36.4 Å². The molecule has 1 aromatic rings. The fourth-order valence-electron chi connectivity index (χ4n) is 1.41. The Kier molecular flexibility index (Phi) is 5.34. The molecular formula is C14H18O2. The van der Waals surface area contributed by atoms with Crippen LogP contribution in [0, 0.1) is 0 Å². The Balaban J connectivity index is 2.66. The van der Waals surface area contributed by atoms with E-state index in [9.17, 15) is 4.79 Å². The molecule has 2 heteroatoms. The lowest BCUT2D eigenvalue weighted by atomic mass is 10.1. The maximum atomic E-state index is 11.8. The molecule has 1 rings (SSSR count). The molecule has 0 unspecified atom stereocenters. The summed E-state index contributed by atoms with van der Waals surface area (Å²) in [5.74, 6) is -0.234. The van der Waals surface area contributed by atoms with Gasteiger partial charge in [0.05, 0.1) is 12.2 Å². The van der Waals surface area contributed by atoms with Crippen LogP contribution in [-0.2, 0) is 9.53 Å². The number of carbonyl (C=O) groups excluding carboxylic acids is 1. The van der Waals surface area contributed by atoms with E-state index >= 15 is 0 Å². The van der Waals surface area contributed by atoms with Crippen LogP contribution in [0.2, 0.25) is 0 Å². The summed E-state index contributed by atoms with van der Waals surface area (Å²) in [5, 5.41) is 0. The van der Waals surface area contributed by atoms with Gasteiger partial charge in [0.1, 0.15) is 0 Å². The molecule has 0 amide bonds. The lowest BCUT2D eigenvalue weighted by Gasteiger charge is -2.07. The van der Waals surface area contributed by atoms with Crippen LogP contribution < -0.4 is 0 Å². The second-order valence-corrected chi connectivity index (χ2v) is 3.56. The number of carbonyl (C=O) groups is 1. The first kappa shape index (κ1) is 12.5. The molecular weight excluding hydrogens is 200 g/mol. The van der Waals surface area contributed by atoms with E-state index in [1.807, 2.05) is 37.3 Å². The van der Waals surface area contributed by atoms with Crippen LogP contribution in [0.5, 0.6) is 0 Å². The largest absolute Gasteiger partial charge is 0.462 e. The highest BCUT2D eigenvalue weighted by molar-refractivity contribution is 6.16. The van der Waals surface area contributed by atoms with Crippen molar-refractivity contribution in [3.8, 4) is 0 Å². The molecule has 0 radical (unpaired) electrons. The quantitative estimate of drug-likeness (QED) is 0.430. The molecule has 0 aliphatic rings. The first-order valence-electron chi connectivity index (χ1n) is 5.68. The van der Waals surface area contributed by atoms with Crippen molar-refractivity contribution in [2.24, 2.45) is 0 Å². The van der Waals surface area contributed by atoms with Crippen LogP contribution in [0.4, 0.5) is 0 Å². The minimum Gasteiger partial charge on any atom is -0.462 e. The van der Waals surface area contributed by atoms with E-state index in [2.05, 4.69) is 6.92 Å². The summed E-state index contributed by atoms with van der Waals surface area (Å²) in [7, 11) is 0. The fourth-order valence-corrected chi connectivity index (χ4v) is 1.41. The number of hydrogen-bond acceptors (Lipinski definition) is 2. The van der Waals surface area contributed by atoms with Crippen LogP contribution in [-0.4, -0.2) is 12.6 Å². The summed E-state index contributed by atoms with van der Waals surface area (Å²) in [6.07, 6.45) is 3.74. The zero-order chi connectivity index (χ0) is 11.8. The zero-order valence-electron chi connectivity index (χ0n) is 9.90. The Hall–Kier alpha value is -1.57. The van der Waals surface area contributed by atoms with Crippen molar-refractivity contribution < 1.29 is 9.53 Å². The molecule has 0 N–H and O–H groups in total. The van der Waals surface area contributed by atoms with E-state index in [0.29, 0.717) is 12.2 Å². The van der Waals surface area contributed by atoms with Gasteiger partial charge in [-0.15, -0.1) is 0 Å². The van der Waals surface area contributed by atoms with Gasteiger partial charge < -0.3 is 4.74 Å². The smallest absolute Gasteiger partial charge is 0.338 e. The maximum Gasteiger partial charge on any atom is 0.338 e. The molecule has 0 aromatic heterocycles. The number of esters is 1. The highest BCUT2D eigenvalue weighted by Crippen LogP contribution is 2.15. The first-order chi connectivity index (χ1) is 7.79. The van der Waals surface area contributed by atoms with E-state index in [1.54, 1.807) is 6.08 Å². The van der Waals surface area contributed by atoms with Crippen LogP contribution >= 0.6 is 0 Å². The lowest BCUT2D eigenvalue weighted by molar-refractivity contribution is -0.136. The number of rotatable bonds is 5. The average molecular weight is 218 g/mol. The first-order valence-corrected chi connectivity index (χ1v) is 5.68. The fraction of sp³-hybridized carbons (Fsp3) is 0.357. The summed E-state index contributed by atoms with van der Waals surface area (Å²) < 4.78 is 5.18. The summed E-state index contributed by atoms with van der Waals surface area (Å²) in [4.78, 5) is 11.8. The number of ether oxygens (including phenoxy) is 1. The van der Waals surface area contributed by atoms with Crippen molar-refractivity contribution in [2.45, 2.75) is 26.7 Å². The SMILES string of the molecule is CC=C(C(=O)OCCCC)c1ccccc1. The van der Waals surface area contributed by atoms with Gasteiger partial charge in [0.2, 0.25) is 0 Å². The average Bonchev–Trinajstić information content (AvgIpc) is 2.32. The van der Waals surface area contributed by atoms with Gasteiger partial charge in [-0.05, 0) is 18.9 Å². The Bertz CT molecular complexity index is 352. The molecule has 0 saturated carbocycles. The molecule has 2 nitrogen and oxygen atoms in total.